The highest BCUT2D eigenvalue weighted by Gasteiger charge is 2.36. The van der Waals surface area contributed by atoms with Crippen LogP contribution in [0.1, 0.15) is 5.76 Å². The van der Waals surface area contributed by atoms with E-state index in [9.17, 15) is 19.7 Å². The van der Waals surface area contributed by atoms with E-state index in [2.05, 4.69) is 5.32 Å². The molecule has 11 heteroatoms. The third-order valence-electron chi connectivity index (χ3n) is 4.77. The fraction of sp³-hybridized carbons (Fsp3) is 0.0455. The van der Waals surface area contributed by atoms with Crippen LogP contribution in [0.4, 0.5) is 11.4 Å². The van der Waals surface area contributed by atoms with Gasteiger partial charge in [0.25, 0.3) is 17.5 Å². The predicted octanol–water partition coefficient (Wildman–Crippen LogP) is 4.35. The molecule has 0 unspecified atom stereocenters. The van der Waals surface area contributed by atoms with Gasteiger partial charge >= 0.3 is 0 Å². The number of hydrogen-bond acceptors (Lipinski definition) is 7. The van der Waals surface area contributed by atoms with Crippen LogP contribution in [0.3, 0.4) is 0 Å². The summed E-state index contributed by atoms with van der Waals surface area (Å²) >= 11 is 11.4. The molecule has 1 aliphatic rings. The number of methoxy groups -OCH3 is 1. The molecule has 3 aromatic rings. The average Bonchev–Trinajstić information content (AvgIpc) is 3.25. The molecule has 2 heterocycles. The van der Waals surface area contributed by atoms with Crippen molar-refractivity contribution in [3.05, 3.63) is 81.1 Å². The number of nitro benzene ring substituents is 1. The van der Waals surface area contributed by atoms with Crippen molar-refractivity contribution in [2.24, 2.45) is 0 Å². The maximum absolute atomic E-state index is 13.2. The summed E-state index contributed by atoms with van der Waals surface area (Å²) in [5.41, 5.74) is 0.283. The molecule has 0 saturated carbocycles. The number of carbonyl (C=O) groups is 2. The van der Waals surface area contributed by atoms with Crippen LogP contribution >= 0.6 is 23.8 Å². The topological polar surface area (TPSA) is 115 Å². The molecule has 1 aromatic heterocycles. The first-order valence-electron chi connectivity index (χ1n) is 9.38. The Kier molecular flexibility index (Phi) is 5.95. The Morgan fingerprint density at radius 2 is 1.94 bits per heavy atom. The molecule has 4 rings (SSSR count). The van der Waals surface area contributed by atoms with Crippen molar-refractivity contribution in [3.8, 4) is 17.1 Å². The SMILES string of the molecule is COc1ccccc1N1C(=O)/C(=C/c2ccc(-c3cc([N+](=O)[O-])ccc3Cl)o2)C(=O)NC1=S. The van der Waals surface area contributed by atoms with Crippen LogP contribution in [0.15, 0.2) is 64.6 Å². The van der Waals surface area contributed by atoms with E-state index >= 15 is 0 Å². The minimum absolute atomic E-state index is 0.0878. The van der Waals surface area contributed by atoms with Crippen LogP contribution in [0.5, 0.6) is 5.75 Å². The average molecular weight is 484 g/mol. The Morgan fingerprint density at radius 1 is 1.18 bits per heavy atom. The third-order valence-corrected chi connectivity index (χ3v) is 5.38. The summed E-state index contributed by atoms with van der Waals surface area (Å²) in [5.74, 6) is -0.568. The highest BCUT2D eigenvalue weighted by atomic mass is 35.5. The number of nitrogens with one attached hydrogen (secondary N) is 1. The van der Waals surface area contributed by atoms with Crippen molar-refractivity contribution in [2.75, 3.05) is 12.0 Å². The number of furan rings is 1. The first-order valence-corrected chi connectivity index (χ1v) is 10.2. The molecule has 33 heavy (non-hydrogen) atoms. The Bertz CT molecular complexity index is 1350. The van der Waals surface area contributed by atoms with E-state index < -0.39 is 16.7 Å². The standard InChI is InChI=1S/C22H14ClN3O6S/c1-31-19-5-3-2-4-17(19)25-21(28)15(20(27)24-22(25)33)11-13-7-9-18(32-13)14-10-12(26(29)30)6-8-16(14)23/h2-11H,1H3,(H,24,27,33)/b15-11+. The molecular weight excluding hydrogens is 470 g/mol. The van der Waals surface area contributed by atoms with E-state index in [-0.39, 0.29) is 32.9 Å². The summed E-state index contributed by atoms with van der Waals surface area (Å²) in [5, 5.41) is 13.7. The number of nitro groups is 1. The number of hydrogen-bond donors (Lipinski definition) is 1. The lowest BCUT2D eigenvalue weighted by molar-refractivity contribution is -0.384. The van der Waals surface area contributed by atoms with Gasteiger partial charge in [0.1, 0.15) is 22.8 Å². The molecular formula is C22H14ClN3O6S. The fourth-order valence-electron chi connectivity index (χ4n) is 3.22. The van der Waals surface area contributed by atoms with Gasteiger partial charge in [-0.05, 0) is 48.6 Å². The number of nitrogens with zero attached hydrogens (tertiary/aromatic N) is 2. The smallest absolute Gasteiger partial charge is 0.270 e. The summed E-state index contributed by atoms with van der Waals surface area (Å²) in [6, 6.07) is 13.7. The highest BCUT2D eigenvalue weighted by molar-refractivity contribution is 7.80. The molecule has 1 aliphatic heterocycles. The van der Waals surface area contributed by atoms with Crippen molar-refractivity contribution in [3.63, 3.8) is 0 Å². The maximum Gasteiger partial charge on any atom is 0.270 e. The van der Waals surface area contributed by atoms with E-state index in [4.69, 9.17) is 33.0 Å². The second-order valence-electron chi connectivity index (χ2n) is 6.75. The van der Waals surface area contributed by atoms with Crippen LogP contribution in [-0.4, -0.2) is 29.0 Å². The van der Waals surface area contributed by atoms with Gasteiger partial charge in [0.05, 0.1) is 22.7 Å². The summed E-state index contributed by atoms with van der Waals surface area (Å²) in [4.78, 5) is 37.4. The van der Waals surface area contributed by atoms with Gasteiger partial charge < -0.3 is 9.15 Å². The van der Waals surface area contributed by atoms with Crippen LogP contribution in [0.25, 0.3) is 17.4 Å². The zero-order valence-electron chi connectivity index (χ0n) is 16.9. The molecule has 9 nitrogen and oxygen atoms in total. The molecule has 1 fully saturated rings. The number of non-ortho nitro benzene ring substituents is 1. The number of halogens is 1. The molecule has 1 N–H and O–H groups in total. The lowest BCUT2D eigenvalue weighted by Gasteiger charge is -2.29. The number of thiocarbonyl (C=S) groups is 1. The normalized spacial score (nSPS) is 15.0. The molecule has 1 saturated heterocycles. The molecule has 2 aromatic carbocycles. The Hall–Kier alpha value is -4.02. The minimum Gasteiger partial charge on any atom is -0.495 e. The number of rotatable bonds is 5. The third kappa shape index (κ3) is 4.21. The van der Waals surface area contributed by atoms with Gasteiger partial charge in [0, 0.05) is 17.7 Å². The molecule has 0 atom stereocenters. The van der Waals surface area contributed by atoms with Gasteiger partial charge in [-0.1, -0.05) is 23.7 Å². The lowest BCUT2D eigenvalue weighted by atomic mass is 10.1. The monoisotopic (exact) mass is 483 g/mol. The number of benzene rings is 2. The first kappa shape index (κ1) is 22.2. The van der Waals surface area contributed by atoms with Gasteiger partial charge in [-0.25, -0.2) is 4.90 Å². The van der Waals surface area contributed by atoms with Gasteiger partial charge in [-0.3, -0.25) is 25.0 Å². The van der Waals surface area contributed by atoms with Crippen molar-refractivity contribution >= 4 is 58.2 Å². The molecule has 166 valence electrons. The summed E-state index contributed by atoms with van der Waals surface area (Å²) in [6.45, 7) is 0. The Morgan fingerprint density at radius 3 is 2.67 bits per heavy atom. The second-order valence-corrected chi connectivity index (χ2v) is 7.55. The molecule has 0 spiro atoms. The predicted molar refractivity (Wildman–Crippen MR) is 125 cm³/mol. The summed E-state index contributed by atoms with van der Waals surface area (Å²) in [7, 11) is 1.45. The molecule has 0 radical (unpaired) electrons. The Balaban J connectivity index is 1.71. The Labute approximate surface area is 197 Å². The van der Waals surface area contributed by atoms with Gasteiger partial charge in [-0.2, -0.15) is 0 Å². The summed E-state index contributed by atoms with van der Waals surface area (Å²) in [6.07, 6.45) is 1.26. The van der Waals surface area contributed by atoms with Gasteiger partial charge in [0.2, 0.25) is 0 Å². The van der Waals surface area contributed by atoms with Crippen molar-refractivity contribution in [1.82, 2.24) is 5.32 Å². The number of ether oxygens (including phenoxy) is 1. The van der Waals surface area contributed by atoms with Gasteiger partial charge in [-0.15, -0.1) is 0 Å². The fourth-order valence-corrected chi connectivity index (χ4v) is 3.71. The molecule has 0 bridgehead atoms. The van der Waals surface area contributed by atoms with E-state index in [1.54, 1.807) is 24.3 Å². The van der Waals surface area contributed by atoms with E-state index in [1.807, 2.05) is 0 Å². The highest BCUT2D eigenvalue weighted by Crippen LogP contribution is 2.34. The maximum atomic E-state index is 13.2. The largest absolute Gasteiger partial charge is 0.495 e. The van der Waals surface area contributed by atoms with Crippen LogP contribution in [0, 0.1) is 10.1 Å². The number of carbonyl (C=O) groups excluding carboxylic acids is 2. The van der Waals surface area contributed by atoms with Crippen molar-refractivity contribution in [1.29, 1.82) is 0 Å². The van der Waals surface area contributed by atoms with Crippen LogP contribution in [-0.2, 0) is 9.59 Å². The molecule has 2 amide bonds. The van der Waals surface area contributed by atoms with Crippen LogP contribution in [0.2, 0.25) is 5.02 Å². The van der Waals surface area contributed by atoms with Gasteiger partial charge in [0.15, 0.2) is 5.11 Å². The van der Waals surface area contributed by atoms with Crippen molar-refractivity contribution < 1.29 is 23.7 Å². The van der Waals surface area contributed by atoms with E-state index in [0.29, 0.717) is 17.0 Å². The lowest BCUT2D eigenvalue weighted by Crippen LogP contribution is -2.54. The molecule has 0 aliphatic carbocycles. The number of anilines is 1. The zero-order valence-corrected chi connectivity index (χ0v) is 18.5. The number of amides is 2. The second kappa shape index (κ2) is 8.85. The minimum atomic E-state index is -0.692. The van der Waals surface area contributed by atoms with E-state index in [0.717, 1.165) is 4.90 Å². The first-order chi connectivity index (χ1) is 15.8. The quantitative estimate of drug-likeness (QED) is 0.188. The number of para-hydroxylation sites is 2. The zero-order chi connectivity index (χ0) is 23.7. The summed E-state index contributed by atoms with van der Waals surface area (Å²) < 4.78 is 11.0. The van der Waals surface area contributed by atoms with Crippen LogP contribution < -0.4 is 15.0 Å². The van der Waals surface area contributed by atoms with Crippen molar-refractivity contribution in [2.45, 2.75) is 0 Å². The van der Waals surface area contributed by atoms with E-state index in [1.165, 1.54) is 43.5 Å².